The highest BCUT2D eigenvalue weighted by Gasteiger charge is 2.30. The lowest BCUT2D eigenvalue weighted by Gasteiger charge is -2.15. The first kappa shape index (κ1) is 9.68. The Hall–Kier alpha value is -0.870. The van der Waals surface area contributed by atoms with Crippen LogP contribution in [0.25, 0.3) is 0 Å². The van der Waals surface area contributed by atoms with E-state index in [4.69, 9.17) is 5.11 Å². The van der Waals surface area contributed by atoms with Crippen LogP contribution in [-0.2, 0) is 4.79 Å². The topological polar surface area (TPSA) is 49.3 Å². The van der Waals surface area contributed by atoms with Crippen LogP contribution in [0.3, 0.4) is 0 Å². The fraction of sp³-hybridized carbons (Fsp3) is 0.500. The third kappa shape index (κ3) is 1.96. The fourth-order valence-corrected chi connectivity index (χ4v) is 2.90. The fourth-order valence-electron chi connectivity index (χ4n) is 2.00. The predicted molar refractivity (Wildman–Crippen MR) is 55.4 cm³/mol. The second kappa shape index (κ2) is 4.11. The van der Waals surface area contributed by atoms with Gasteiger partial charge in [0.15, 0.2) is 0 Å². The van der Waals surface area contributed by atoms with Gasteiger partial charge in [0, 0.05) is 10.9 Å². The van der Waals surface area contributed by atoms with Gasteiger partial charge in [-0.05, 0) is 30.3 Å². The largest absolute Gasteiger partial charge is 0.481 e. The Kier molecular flexibility index (Phi) is 2.84. The molecule has 1 aromatic heterocycles. The smallest absolute Gasteiger partial charge is 0.303 e. The first-order valence-electron chi connectivity index (χ1n) is 4.76. The normalized spacial score (nSPS) is 26.6. The quantitative estimate of drug-likeness (QED) is 0.802. The molecule has 0 amide bonds. The van der Waals surface area contributed by atoms with Crippen LogP contribution < -0.4 is 5.32 Å². The highest BCUT2D eigenvalue weighted by atomic mass is 32.1. The van der Waals surface area contributed by atoms with Crippen LogP contribution in [0.2, 0.25) is 0 Å². The van der Waals surface area contributed by atoms with Gasteiger partial charge in [-0.1, -0.05) is 6.07 Å². The maximum Gasteiger partial charge on any atom is 0.303 e. The molecular weight excluding hydrogens is 198 g/mol. The van der Waals surface area contributed by atoms with Gasteiger partial charge in [-0.25, -0.2) is 0 Å². The van der Waals surface area contributed by atoms with Crippen molar-refractivity contribution in [3.05, 3.63) is 22.4 Å². The summed E-state index contributed by atoms with van der Waals surface area (Å²) in [5, 5.41) is 14.2. The van der Waals surface area contributed by atoms with E-state index in [0.29, 0.717) is 0 Å². The Labute approximate surface area is 86.8 Å². The zero-order chi connectivity index (χ0) is 9.97. The van der Waals surface area contributed by atoms with Crippen LogP contribution in [0, 0.1) is 5.92 Å². The molecule has 0 saturated carbocycles. The minimum absolute atomic E-state index is 0.256. The zero-order valence-electron chi connectivity index (χ0n) is 7.77. The van der Waals surface area contributed by atoms with Crippen molar-refractivity contribution in [3.8, 4) is 0 Å². The first-order chi connectivity index (χ1) is 6.77. The number of carbonyl (C=O) groups is 1. The molecule has 1 aliphatic heterocycles. The molecule has 1 fully saturated rings. The lowest BCUT2D eigenvalue weighted by Crippen LogP contribution is -2.18. The maximum absolute atomic E-state index is 10.6. The molecule has 0 radical (unpaired) electrons. The Morgan fingerprint density at radius 3 is 3.21 bits per heavy atom. The molecular formula is C10H13NO2S. The lowest BCUT2D eigenvalue weighted by atomic mass is 9.96. The molecule has 0 spiro atoms. The summed E-state index contributed by atoms with van der Waals surface area (Å²) in [6.07, 6.45) is 1.24. The van der Waals surface area contributed by atoms with Gasteiger partial charge in [0.05, 0.1) is 6.42 Å². The summed E-state index contributed by atoms with van der Waals surface area (Å²) < 4.78 is 0. The van der Waals surface area contributed by atoms with Gasteiger partial charge in [0.25, 0.3) is 0 Å². The van der Waals surface area contributed by atoms with Crippen LogP contribution >= 0.6 is 11.3 Å². The highest BCUT2D eigenvalue weighted by molar-refractivity contribution is 7.10. The van der Waals surface area contributed by atoms with E-state index in [1.165, 1.54) is 4.88 Å². The van der Waals surface area contributed by atoms with Gasteiger partial charge in [-0.2, -0.15) is 0 Å². The molecule has 0 bridgehead atoms. The van der Waals surface area contributed by atoms with Crippen molar-refractivity contribution < 1.29 is 9.90 Å². The molecule has 3 nitrogen and oxygen atoms in total. The van der Waals surface area contributed by atoms with Gasteiger partial charge in [-0.15, -0.1) is 11.3 Å². The van der Waals surface area contributed by atoms with Crippen LogP contribution in [0.15, 0.2) is 17.5 Å². The van der Waals surface area contributed by atoms with Crippen LogP contribution in [0.1, 0.15) is 23.8 Å². The molecule has 14 heavy (non-hydrogen) atoms. The summed E-state index contributed by atoms with van der Waals surface area (Å²) in [5.41, 5.74) is 0. The molecule has 0 aromatic carbocycles. The van der Waals surface area contributed by atoms with Crippen molar-refractivity contribution >= 4 is 17.3 Å². The van der Waals surface area contributed by atoms with Crippen molar-refractivity contribution in [2.75, 3.05) is 6.54 Å². The minimum atomic E-state index is -0.694. The molecule has 2 rings (SSSR count). The summed E-state index contributed by atoms with van der Waals surface area (Å²) in [6.45, 7) is 0.931. The number of nitrogens with one attached hydrogen (secondary N) is 1. The number of carboxylic acid groups (broad SMARTS) is 1. The summed E-state index contributed by atoms with van der Waals surface area (Å²) in [5.74, 6) is -0.439. The van der Waals surface area contributed by atoms with Crippen molar-refractivity contribution in [3.63, 3.8) is 0 Å². The van der Waals surface area contributed by atoms with E-state index in [1.807, 2.05) is 11.4 Å². The molecule has 2 heterocycles. The number of hydrogen-bond donors (Lipinski definition) is 2. The molecule has 1 saturated heterocycles. The average Bonchev–Trinajstić information content (AvgIpc) is 2.70. The van der Waals surface area contributed by atoms with Crippen molar-refractivity contribution in [1.29, 1.82) is 0 Å². The van der Waals surface area contributed by atoms with Crippen molar-refractivity contribution in [2.24, 2.45) is 5.92 Å². The summed E-state index contributed by atoms with van der Waals surface area (Å²) in [7, 11) is 0. The summed E-state index contributed by atoms with van der Waals surface area (Å²) in [4.78, 5) is 11.9. The second-order valence-electron chi connectivity index (χ2n) is 3.59. The van der Waals surface area contributed by atoms with E-state index in [1.54, 1.807) is 11.3 Å². The second-order valence-corrected chi connectivity index (χ2v) is 4.57. The Balaban J connectivity index is 2.07. The SMILES string of the molecule is O=C(O)C[C@@H]1CCN[C@H]1c1cccs1. The molecule has 76 valence electrons. The van der Waals surface area contributed by atoms with Crippen LogP contribution in [0.5, 0.6) is 0 Å². The molecule has 2 atom stereocenters. The number of carboxylic acids is 1. The van der Waals surface area contributed by atoms with E-state index < -0.39 is 5.97 Å². The van der Waals surface area contributed by atoms with Gasteiger partial charge >= 0.3 is 5.97 Å². The van der Waals surface area contributed by atoms with E-state index in [0.717, 1.165) is 13.0 Å². The number of rotatable bonds is 3. The third-order valence-electron chi connectivity index (χ3n) is 2.64. The Morgan fingerprint density at radius 1 is 1.71 bits per heavy atom. The van der Waals surface area contributed by atoms with Crippen molar-refractivity contribution in [2.45, 2.75) is 18.9 Å². The van der Waals surface area contributed by atoms with E-state index in [9.17, 15) is 4.79 Å². The third-order valence-corrected chi connectivity index (χ3v) is 3.59. The molecule has 2 N–H and O–H groups in total. The monoisotopic (exact) mass is 211 g/mol. The molecule has 0 unspecified atom stereocenters. The van der Waals surface area contributed by atoms with E-state index in [-0.39, 0.29) is 18.4 Å². The standard InChI is InChI=1S/C10H13NO2S/c12-9(13)6-7-3-4-11-10(7)8-2-1-5-14-8/h1-2,5,7,10-11H,3-4,6H2,(H,12,13)/t7-,10+/m0/s1. The number of aliphatic carboxylic acids is 1. The molecule has 1 aliphatic rings. The van der Waals surface area contributed by atoms with E-state index >= 15 is 0 Å². The maximum atomic E-state index is 10.6. The van der Waals surface area contributed by atoms with Crippen molar-refractivity contribution in [1.82, 2.24) is 5.32 Å². The van der Waals surface area contributed by atoms with Gasteiger partial charge in [0.2, 0.25) is 0 Å². The summed E-state index contributed by atoms with van der Waals surface area (Å²) >= 11 is 1.70. The van der Waals surface area contributed by atoms with E-state index in [2.05, 4.69) is 11.4 Å². The lowest BCUT2D eigenvalue weighted by molar-refractivity contribution is -0.138. The average molecular weight is 211 g/mol. The predicted octanol–water partition coefficient (Wildman–Crippen LogP) is 1.87. The first-order valence-corrected chi connectivity index (χ1v) is 5.64. The van der Waals surface area contributed by atoms with Gasteiger partial charge in [0.1, 0.15) is 0 Å². The Morgan fingerprint density at radius 2 is 2.57 bits per heavy atom. The molecule has 4 heteroatoms. The zero-order valence-corrected chi connectivity index (χ0v) is 8.59. The number of hydrogen-bond acceptors (Lipinski definition) is 3. The van der Waals surface area contributed by atoms with Gasteiger partial charge < -0.3 is 10.4 Å². The minimum Gasteiger partial charge on any atom is -0.481 e. The highest BCUT2D eigenvalue weighted by Crippen LogP contribution is 2.34. The Bertz CT molecular complexity index is 310. The van der Waals surface area contributed by atoms with Crippen LogP contribution in [-0.4, -0.2) is 17.6 Å². The molecule has 1 aromatic rings. The van der Waals surface area contributed by atoms with Crippen LogP contribution in [0.4, 0.5) is 0 Å². The molecule has 0 aliphatic carbocycles. The number of thiophene rings is 1. The van der Waals surface area contributed by atoms with Gasteiger partial charge in [-0.3, -0.25) is 4.79 Å². The summed E-state index contributed by atoms with van der Waals surface area (Å²) in [6, 6.07) is 4.34.